The van der Waals surface area contributed by atoms with Gasteiger partial charge in [0.05, 0.1) is 4.90 Å². The highest BCUT2D eigenvalue weighted by Crippen LogP contribution is 2.21. The van der Waals surface area contributed by atoms with Crippen LogP contribution in [-0.2, 0) is 16.6 Å². The van der Waals surface area contributed by atoms with E-state index in [9.17, 15) is 8.42 Å². The van der Waals surface area contributed by atoms with E-state index in [1.54, 1.807) is 24.3 Å². The zero-order chi connectivity index (χ0) is 18.6. The highest BCUT2D eigenvalue weighted by atomic mass is 35.5. The van der Waals surface area contributed by atoms with Crippen molar-refractivity contribution in [2.24, 2.45) is 0 Å². The number of sulfonamides is 1. The molecule has 0 radical (unpaired) electrons. The van der Waals surface area contributed by atoms with E-state index in [4.69, 9.17) is 11.6 Å². The average Bonchev–Trinajstić information content (AvgIpc) is 2.61. The molecule has 2 N–H and O–H groups in total. The van der Waals surface area contributed by atoms with E-state index in [0.29, 0.717) is 17.3 Å². The summed E-state index contributed by atoms with van der Waals surface area (Å²) < 4.78 is 27.3. The highest BCUT2D eigenvalue weighted by Gasteiger charge is 2.14. The molecule has 134 valence electrons. The molecule has 0 saturated heterocycles. The number of hydrogen-bond acceptors (Lipinski definition) is 3. The number of hydrogen-bond donors (Lipinski definition) is 2. The van der Waals surface area contributed by atoms with Crippen LogP contribution in [0.15, 0.2) is 77.7 Å². The number of benzene rings is 3. The van der Waals surface area contributed by atoms with Gasteiger partial charge in [-0.2, -0.15) is 0 Å². The van der Waals surface area contributed by atoms with Gasteiger partial charge in [0.2, 0.25) is 0 Å². The van der Waals surface area contributed by atoms with E-state index < -0.39 is 10.0 Å². The lowest BCUT2D eigenvalue weighted by Gasteiger charge is -2.10. The summed E-state index contributed by atoms with van der Waals surface area (Å²) in [5, 5.41) is 3.70. The average molecular weight is 387 g/mol. The Hall–Kier alpha value is -2.50. The van der Waals surface area contributed by atoms with Gasteiger partial charge < -0.3 is 5.32 Å². The Labute approximate surface area is 158 Å². The van der Waals surface area contributed by atoms with Gasteiger partial charge in [-0.05, 0) is 55.0 Å². The Bertz CT molecular complexity index is 1000. The molecule has 0 fully saturated rings. The fourth-order valence-electron chi connectivity index (χ4n) is 2.53. The van der Waals surface area contributed by atoms with Crippen LogP contribution in [0.3, 0.4) is 0 Å². The summed E-state index contributed by atoms with van der Waals surface area (Å²) in [5.74, 6) is 0. The van der Waals surface area contributed by atoms with E-state index in [0.717, 1.165) is 5.69 Å². The van der Waals surface area contributed by atoms with Crippen molar-refractivity contribution in [2.75, 3.05) is 10.0 Å². The lowest BCUT2D eigenvalue weighted by Crippen LogP contribution is -2.12. The first-order valence-electron chi connectivity index (χ1n) is 8.10. The number of aryl methyl sites for hydroxylation is 1. The highest BCUT2D eigenvalue weighted by molar-refractivity contribution is 7.92. The van der Waals surface area contributed by atoms with Crippen LogP contribution in [0.2, 0.25) is 5.02 Å². The minimum Gasteiger partial charge on any atom is -0.381 e. The first-order valence-corrected chi connectivity index (χ1v) is 9.96. The zero-order valence-corrected chi connectivity index (χ0v) is 15.8. The van der Waals surface area contributed by atoms with E-state index in [1.807, 2.05) is 18.2 Å². The van der Waals surface area contributed by atoms with Crippen LogP contribution in [0.1, 0.15) is 11.1 Å². The second kappa shape index (κ2) is 7.81. The quantitative estimate of drug-likeness (QED) is 0.622. The largest absolute Gasteiger partial charge is 0.381 e. The van der Waals surface area contributed by atoms with Crippen molar-refractivity contribution in [3.63, 3.8) is 0 Å². The molecule has 4 nitrogen and oxygen atoms in total. The van der Waals surface area contributed by atoms with Gasteiger partial charge in [-0.15, -0.1) is 0 Å². The third kappa shape index (κ3) is 4.77. The van der Waals surface area contributed by atoms with Crippen LogP contribution in [0, 0.1) is 6.92 Å². The molecule has 0 aliphatic heterocycles. The van der Waals surface area contributed by atoms with Crippen molar-refractivity contribution >= 4 is 33.0 Å². The molecule has 0 aliphatic rings. The van der Waals surface area contributed by atoms with Crippen LogP contribution >= 0.6 is 11.6 Å². The molecule has 0 amide bonds. The summed E-state index contributed by atoms with van der Waals surface area (Å²) >= 11 is 5.87. The first-order chi connectivity index (χ1) is 12.4. The molecular weight excluding hydrogens is 368 g/mol. The summed E-state index contributed by atoms with van der Waals surface area (Å²) in [5.41, 5.74) is 3.81. The minimum absolute atomic E-state index is 0.131. The monoisotopic (exact) mass is 386 g/mol. The van der Waals surface area contributed by atoms with Gasteiger partial charge in [0.15, 0.2) is 0 Å². The minimum atomic E-state index is -3.66. The topological polar surface area (TPSA) is 58.2 Å². The van der Waals surface area contributed by atoms with E-state index in [2.05, 4.69) is 35.2 Å². The zero-order valence-electron chi connectivity index (χ0n) is 14.2. The fourth-order valence-corrected chi connectivity index (χ4v) is 3.89. The van der Waals surface area contributed by atoms with Gasteiger partial charge in [-0.1, -0.05) is 47.5 Å². The molecule has 0 heterocycles. The summed E-state index contributed by atoms with van der Waals surface area (Å²) in [6, 6.07) is 21.6. The summed E-state index contributed by atoms with van der Waals surface area (Å²) in [6.07, 6.45) is 0. The Kier molecular flexibility index (Phi) is 5.49. The molecule has 0 atom stereocenters. The van der Waals surface area contributed by atoms with Gasteiger partial charge in [0, 0.05) is 22.9 Å². The third-order valence-electron chi connectivity index (χ3n) is 3.82. The second-order valence-corrected chi connectivity index (χ2v) is 8.10. The van der Waals surface area contributed by atoms with Crippen molar-refractivity contribution < 1.29 is 8.42 Å². The predicted octanol–water partition coefficient (Wildman–Crippen LogP) is 5.06. The Balaban J connectivity index is 1.66. The number of rotatable bonds is 6. The maximum atomic E-state index is 12.4. The Morgan fingerprint density at radius 2 is 1.58 bits per heavy atom. The van der Waals surface area contributed by atoms with Crippen LogP contribution in [0.4, 0.5) is 11.4 Å². The molecule has 26 heavy (non-hydrogen) atoms. The van der Waals surface area contributed by atoms with Crippen molar-refractivity contribution in [3.05, 3.63) is 88.9 Å². The molecule has 3 aromatic carbocycles. The van der Waals surface area contributed by atoms with Crippen molar-refractivity contribution in [3.8, 4) is 0 Å². The SMILES string of the molecule is Cc1cccc(CNc2ccc(NS(=O)(=O)c3cccc(Cl)c3)cc2)c1. The Morgan fingerprint density at radius 3 is 2.27 bits per heavy atom. The molecular formula is C20H19ClN2O2S. The number of anilines is 2. The maximum Gasteiger partial charge on any atom is 0.261 e. The van der Waals surface area contributed by atoms with Gasteiger partial charge in [0.25, 0.3) is 10.0 Å². The van der Waals surface area contributed by atoms with Crippen LogP contribution in [0.5, 0.6) is 0 Å². The smallest absolute Gasteiger partial charge is 0.261 e. The van der Waals surface area contributed by atoms with Crippen molar-refractivity contribution in [1.29, 1.82) is 0 Å². The lowest BCUT2D eigenvalue weighted by atomic mass is 10.1. The normalized spacial score (nSPS) is 11.2. The summed E-state index contributed by atoms with van der Waals surface area (Å²) in [6.45, 7) is 2.76. The molecule has 0 saturated carbocycles. The molecule has 0 bridgehead atoms. The molecule has 6 heteroatoms. The molecule has 0 aromatic heterocycles. The van der Waals surface area contributed by atoms with Crippen LogP contribution < -0.4 is 10.0 Å². The Morgan fingerprint density at radius 1 is 0.885 bits per heavy atom. The lowest BCUT2D eigenvalue weighted by molar-refractivity contribution is 0.601. The fraction of sp³-hybridized carbons (Fsp3) is 0.100. The predicted molar refractivity (Wildman–Crippen MR) is 107 cm³/mol. The van der Waals surface area contributed by atoms with E-state index in [-0.39, 0.29) is 4.90 Å². The second-order valence-electron chi connectivity index (χ2n) is 5.98. The van der Waals surface area contributed by atoms with Gasteiger partial charge >= 0.3 is 0 Å². The van der Waals surface area contributed by atoms with Gasteiger partial charge in [-0.3, -0.25) is 4.72 Å². The van der Waals surface area contributed by atoms with Gasteiger partial charge in [0.1, 0.15) is 0 Å². The molecule has 0 spiro atoms. The number of nitrogens with one attached hydrogen (secondary N) is 2. The van der Waals surface area contributed by atoms with Gasteiger partial charge in [-0.25, -0.2) is 8.42 Å². The molecule has 3 rings (SSSR count). The summed E-state index contributed by atoms with van der Waals surface area (Å²) in [4.78, 5) is 0.131. The first kappa shape index (κ1) is 18.3. The summed E-state index contributed by atoms with van der Waals surface area (Å²) in [7, 11) is -3.66. The van der Waals surface area contributed by atoms with E-state index >= 15 is 0 Å². The standard InChI is InChI=1S/C20H19ClN2O2S/c1-15-4-2-5-16(12-15)14-22-18-8-10-19(11-9-18)23-26(24,25)20-7-3-6-17(21)13-20/h2-13,22-23H,14H2,1H3. The van der Waals surface area contributed by atoms with Crippen LogP contribution in [-0.4, -0.2) is 8.42 Å². The maximum absolute atomic E-state index is 12.4. The molecule has 0 unspecified atom stereocenters. The third-order valence-corrected chi connectivity index (χ3v) is 5.44. The van der Waals surface area contributed by atoms with Crippen LogP contribution in [0.25, 0.3) is 0 Å². The number of halogens is 1. The molecule has 3 aromatic rings. The molecule has 0 aliphatic carbocycles. The van der Waals surface area contributed by atoms with Crippen molar-refractivity contribution in [1.82, 2.24) is 0 Å². The van der Waals surface area contributed by atoms with Crippen molar-refractivity contribution in [2.45, 2.75) is 18.4 Å². The van der Waals surface area contributed by atoms with E-state index in [1.165, 1.54) is 23.3 Å².